The molecule has 19 heavy (non-hydrogen) atoms. The fourth-order valence-electron chi connectivity index (χ4n) is 1.18. The van der Waals surface area contributed by atoms with Gasteiger partial charge in [-0.15, -0.1) is 10.2 Å². The number of carbonyl (C=O) groups is 1. The number of hydrogen-bond donors (Lipinski definition) is 0. The third-order valence-electron chi connectivity index (χ3n) is 2.01. The van der Waals surface area contributed by atoms with E-state index in [1.54, 1.807) is 44.7 Å². The number of aromatic nitrogens is 2. The fraction of sp³-hybridized carbons (Fsp3) is 0.545. The molecule has 1 heterocycles. The summed E-state index contributed by atoms with van der Waals surface area (Å²) in [5.41, 5.74) is 0. The van der Waals surface area contributed by atoms with Crippen molar-refractivity contribution in [3.8, 4) is 0 Å². The summed E-state index contributed by atoms with van der Waals surface area (Å²) in [6, 6.07) is 0. The molecule has 0 saturated carbocycles. The van der Waals surface area contributed by atoms with E-state index in [1.807, 2.05) is 6.26 Å². The topological polar surface area (TPSA) is 42.9 Å². The summed E-state index contributed by atoms with van der Waals surface area (Å²) in [5.74, 6) is 0.928. The molecule has 1 unspecified atom stereocenters. The maximum atomic E-state index is 11.4. The molecule has 106 valence electrons. The molecule has 0 fully saturated rings. The third-order valence-corrected chi connectivity index (χ3v) is 7.98. The molecule has 0 amide bonds. The molecule has 0 N–H and O–H groups in total. The van der Waals surface area contributed by atoms with Crippen LogP contribution >= 0.6 is 56.4 Å². The summed E-state index contributed by atoms with van der Waals surface area (Å²) in [6.07, 6.45) is 5.52. The number of carbonyl (C=O) groups excluding carboxylic acids is 1. The zero-order chi connectivity index (χ0) is 14.1. The Morgan fingerprint density at radius 2 is 2.21 bits per heavy atom. The first-order valence-electron chi connectivity index (χ1n) is 5.69. The highest BCUT2D eigenvalue weighted by Crippen LogP contribution is 2.37. The van der Waals surface area contributed by atoms with Crippen LogP contribution in [0.5, 0.6) is 0 Å². The molecule has 0 aliphatic heterocycles. The Morgan fingerprint density at radius 3 is 2.79 bits per heavy atom. The molecule has 0 aromatic carbocycles. The molecule has 0 aliphatic carbocycles. The van der Waals surface area contributed by atoms with Gasteiger partial charge in [0.1, 0.15) is 0 Å². The third kappa shape index (κ3) is 7.08. The van der Waals surface area contributed by atoms with E-state index in [0.29, 0.717) is 5.25 Å². The summed E-state index contributed by atoms with van der Waals surface area (Å²) in [6.45, 7) is 5.65. The first-order valence-corrected chi connectivity index (χ1v) is 10.9. The summed E-state index contributed by atoms with van der Waals surface area (Å²) < 4.78 is 1.97. The molecule has 1 atom stereocenters. The summed E-state index contributed by atoms with van der Waals surface area (Å²) in [5, 5.41) is 8.57. The predicted octanol–water partition coefficient (Wildman–Crippen LogP) is 4.61. The van der Waals surface area contributed by atoms with Crippen LogP contribution in [-0.4, -0.2) is 32.6 Å². The molecule has 1 rings (SSSR count). The first-order chi connectivity index (χ1) is 9.19. The van der Waals surface area contributed by atoms with Crippen LogP contribution in [0.25, 0.3) is 0 Å². The molecule has 1 aromatic heterocycles. The van der Waals surface area contributed by atoms with Crippen LogP contribution in [0.15, 0.2) is 21.3 Å². The second-order valence-electron chi connectivity index (χ2n) is 3.46. The molecule has 0 spiro atoms. The Kier molecular flexibility index (Phi) is 9.31. The van der Waals surface area contributed by atoms with Gasteiger partial charge in [-0.3, -0.25) is 4.79 Å². The number of rotatable bonds is 9. The molecule has 1 aromatic rings. The van der Waals surface area contributed by atoms with Gasteiger partial charge >= 0.3 is 0 Å². The highest BCUT2D eigenvalue weighted by molar-refractivity contribution is 8.77. The maximum Gasteiger partial charge on any atom is 0.211 e. The molecule has 8 heteroatoms. The molecular formula is C11H16N2OS5. The smallest absolute Gasteiger partial charge is 0.211 e. The zero-order valence-corrected chi connectivity index (χ0v) is 14.9. The van der Waals surface area contributed by atoms with E-state index in [4.69, 9.17) is 0 Å². The summed E-state index contributed by atoms with van der Waals surface area (Å²) in [4.78, 5) is 11.4. The number of thioether (sulfide) groups is 2. The molecule has 0 radical (unpaired) electrons. The number of nitrogens with zero attached hydrogens (tertiary/aromatic N) is 2. The van der Waals surface area contributed by atoms with Gasteiger partial charge in [-0.25, -0.2) is 0 Å². The summed E-state index contributed by atoms with van der Waals surface area (Å²) in [7, 11) is 3.38. The van der Waals surface area contributed by atoms with Crippen LogP contribution in [-0.2, 0) is 4.79 Å². The average Bonchev–Trinajstić information content (AvgIpc) is 2.86. The van der Waals surface area contributed by atoms with Gasteiger partial charge in [-0.05, 0) is 29.5 Å². The Labute approximate surface area is 134 Å². The largest absolute Gasteiger partial charge is 0.282 e. The van der Waals surface area contributed by atoms with Crippen molar-refractivity contribution in [3.05, 3.63) is 12.7 Å². The van der Waals surface area contributed by atoms with E-state index in [2.05, 4.69) is 23.7 Å². The second kappa shape index (κ2) is 10.1. The van der Waals surface area contributed by atoms with E-state index in [-0.39, 0.29) is 5.12 Å². The van der Waals surface area contributed by atoms with Gasteiger partial charge in [0.2, 0.25) is 5.12 Å². The van der Waals surface area contributed by atoms with Crippen LogP contribution in [0.2, 0.25) is 0 Å². The van der Waals surface area contributed by atoms with E-state index >= 15 is 0 Å². The minimum Gasteiger partial charge on any atom is -0.282 e. The zero-order valence-electron chi connectivity index (χ0n) is 10.8. The van der Waals surface area contributed by atoms with Gasteiger partial charge in [0.05, 0.1) is 0 Å². The van der Waals surface area contributed by atoms with Crippen LogP contribution in [0.4, 0.5) is 0 Å². The van der Waals surface area contributed by atoms with Crippen LogP contribution < -0.4 is 0 Å². The van der Waals surface area contributed by atoms with Crippen molar-refractivity contribution in [2.45, 2.75) is 33.7 Å². The first kappa shape index (κ1) is 17.4. The van der Waals surface area contributed by atoms with Crippen LogP contribution in [0.1, 0.15) is 19.8 Å². The van der Waals surface area contributed by atoms with Crippen molar-refractivity contribution < 1.29 is 4.79 Å². The van der Waals surface area contributed by atoms with Crippen LogP contribution in [0, 0.1) is 0 Å². The van der Waals surface area contributed by atoms with E-state index in [0.717, 1.165) is 27.3 Å². The van der Waals surface area contributed by atoms with Gasteiger partial charge in [0, 0.05) is 11.0 Å². The standard InChI is InChI=1S/C11H16N2OS5/c1-4-6-8(17-9(14)5-2)7-16-19-11-13-12-10(15-3)18-11/h5,8H,2,4,6-7H2,1,3H3. The van der Waals surface area contributed by atoms with E-state index in [9.17, 15) is 4.79 Å². The lowest BCUT2D eigenvalue weighted by molar-refractivity contribution is -0.107. The highest BCUT2D eigenvalue weighted by atomic mass is 33.1. The fourth-order valence-corrected chi connectivity index (χ4v) is 6.63. The second-order valence-corrected chi connectivity index (χ2v) is 9.38. The quantitative estimate of drug-likeness (QED) is 0.365. The molecule has 3 nitrogen and oxygen atoms in total. The Hall–Kier alpha value is 0.370. The van der Waals surface area contributed by atoms with Gasteiger partial charge in [0.15, 0.2) is 8.68 Å². The highest BCUT2D eigenvalue weighted by Gasteiger charge is 2.13. The Morgan fingerprint density at radius 1 is 1.47 bits per heavy atom. The van der Waals surface area contributed by atoms with Crippen molar-refractivity contribution >= 4 is 61.6 Å². The maximum absolute atomic E-state index is 11.4. The van der Waals surface area contributed by atoms with Crippen molar-refractivity contribution in [2.24, 2.45) is 0 Å². The van der Waals surface area contributed by atoms with E-state index < -0.39 is 0 Å². The minimum absolute atomic E-state index is 0.0598. The van der Waals surface area contributed by atoms with Crippen molar-refractivity contribution in [1.82, 2.24) is 10.2 Å². The molecule has 0 bridgehead atoms. The lowest BCUT2D eigenvalue weighted by atomic mass is 10.3. The normalized spacial score (nSPS) is 12.3. The SMILES string of the molecule is C=CC(=O)SC(CCC)CSSc1nnc(SC)s1. The van der Waals surface area contributed by atoms with Crippen molar-refractivity contribution in [3.63, 3.8) is 0 Å². The molecular weight excluding hydrogens is 336 g/mol. The Balaban J connectivity index is 2.34. The average molecular weight is 353 g/mol. The lowest BCUT2D eigenvalue weighted by Gasteiger charge is -2.12. The Bertz CT molecular complexity index is 410. The van der Waals surface area contributed by atoms with Crippen molar-refractivity contribution in [2.75, 3.05) is 12.0 Å². The molecule has 0 saturated heterocycles. The monoisotopic (exact) mass is 352 g/mol. The van der Waals surface area contributed by atoms with Gasteiger partial charge in [0.25, 0.3) is 0 Å². The van der Waals surface area contributed by atoms with Gasteiger partial charge < -0.3 is 0 Å². The van der Waals surface area contributed by atoms with E-state index in [1.165, 1.54) is 17.8 Å². The molecule has 0 aliphatic rings. The summed E-state index contributed by atoms with van der Waals surface area (Å²) >= 11 is 4.61. The van der Waals surface area contributed by atoms with Crippen LogP contribution in [0.3, 0.4) is 0 Å². The number of hydrogen-bond acceptors (Lipinski definition) is 8. The predicted molar refractivity (Wildman–Crippen MR) is 91.5 cm³/mol. The minimum atomic E-state index is 0.0598. The van der Waals surface area contributed by atoms with Gasteiger partial charge in [-0.1, -0.05) is 65.6 Å². The van der Waals surface area contributed by atoms with Crippen molar-refractivity contribution in [1.29, 1.82) is 0 Å². The van der Waals surface area contributed by atoms with Gasteiger partial charge in [-0.2, -0.15) is 0 Å². The lowest BCUT2D eigenvalue weighted by Crippen LogP contribution is -2.08.